The van der Waals surface area contributed by atoms with Gasteiger partial charge in [-0.1, -0.05) is 54.1 Å². The van der Waals surface area contributed by atoms with E-state index >= 15 is 0 Å². The van der Waals surface area contributed by atoms with E-state index in [1.54, 1.807) is 19.4 Å². The number of allylic oxidation sites excluding steroid dienone is 2. The van der Waals surface area contributed by atoms with Crippen molar-refractivity contribution in [1.82, 2.24) is 15.2 Å². The fraction of sp³-hybridized carbons (Fsp3) is 0.259. The van der Waals surface area contributed by atoms with E-state index in [4.69, 9.17) is 16.3 Å². The van der Waals surface area contributed by atoms with E-state index in [0.29, 0.717) is 37.0 Å². The molecule has 2 aliphatic rings. The molecule has 0 radical (unpaired) electrons. The lowest BCUT2D eigenvalue weighted by molar-refractivity contribution is -0.112. The van der Waals surface area contributed by atoms with Gasteiger partial charge in [0, 0.05) is 26.6 Å². The molecule has 1 saturated carbocycles. The summed E-state index contributed by atoms with van der Waals surface area (Å²) in [5.74, 6) is 0.924. The van der Waals surface area contributed by atoms with Crippen molar-refractivity contribution < 1.29 is 9.53 Å². The van der Waals surface area contributed by atoms with Crippen molar-refractivity contribution in [3.05, 3.63) is 80.6 Å². The molecule has 1 amide bonds. The number of nitriles is 1. The molecule has 0 spiro atoms. The Hall–Kier alpha value is -2.94. The van der Waals surface area contributed by atoms with Gasteiger partial charge in [-0.25, -0.2) is 4.98 Å². The molecule has 0 bridgehead atoms. The van der Waals surface area contributed by atoms with Gasteiger partial charge in [-0.15, -0.1) is 30.9 Å². The largest absolute Gasteiger partial charge is 0.494 e. The van der Waals surface area contributed by atoms with Gasteiger partial charge >= 0.3 is 0 Å². The average Bonchev–Trinajstić information content (AvgIpc) is 3.60. The van der Waals surface area contributed by atoms with Crippen molar-refractivity contribution in [2.24, 2.45) is 0 Å². The second kappa shape index (κ2) is 10.8. The normalized spacial score (nSPS) is 20.6. The maximum Gasteiger partial charge on any atom is 0.258 e. The molecule has 3 atom stereocenters. The Bertz CT molecular complexity index is 1520. The smallest absolute Gasteiger partial charge is 0.258 e. The minimum absolute atomic E-state index is 0.256. The summed E-state index contributed by atoms with van der Waals surface area (Å²) in [6, 6.07) is 9.93. The quantitative estimate of drug-likeness (QED) is 0.196. The number of alkyl halides is 1. The Morgan fingerprint density at radius 1 is 1.30 bits per heavy atom. The number of anilines is 1. The zero-order valence-corrected chi connectivity index (χ0v) is 24.1. The van der Waals surface area contributed by atoms with Gasteiger partial charge in [-0.05, 0) is 46.5 Å². The molecule has 2 aromatic heterocycles. The summed E-state index contributed by atoms with van der Waals surface area (Å²) in [7, 11) is 1.58. The van der Waals surface area contributed by atoms with E-state index in [2.05, 4.69) is 49.6 Å². The second-order valence-electron chi connectivity index (χ2n) is 8.84. The number of carbonyl (C=O) groups excluding carboxylic acids is 1. The summed E-state index contributed by atoms with van der Waals surface area (Å²) in [4.78, 5) is 17.6. The minimum atomic E-state index is -0.325. The molecular weight excluding hydrogens is 621 g/mol. The summed E-state index contributed by atoms with van der Waals surface area (Å²) in [5.41, 5.74) is 4.94. The number of aromatic nitrogens is 3. The van der Waals surface area contributed by atoms with Crippen LogP contribution in [0, 0.1) is 18.3 Å². The Balaban J connectivity index is 1.38. The van der Waals surface area contributed by atoms with E-state index in [1.165, 1.54) is 16.9 Å². The van der Waals surface area contributed by atoms with Crippen LogP contribution in [-0.2, 0) is 4.79 Å². The van der Waals surface area contributed by atoms with Crippen molar-refractivity contribution in [2.75, 3.05) is 12.4 Å². The standard InChI is InChI=1S/C27H23ClIN5O2S/c1-14-8-16(5-6-17(14)12-30)19-9-21(19)26-33-34-27(37-26)32-25(35)18-7-4-15(2)29-11-22(18)20-10-24(28)31-13-23(20)36-3/h4-8,10-11,13,15,19,21H,9H2,1-3H3,(H,32,34,35)/t15?,19?,21-/m1/s1. The zero-order valence-electron chi connectivity index (χ0n) is 20.3. The van der Waals surface area contributed by atoms with Gasteiger partial charge in [0.25, 0.3) is 5.91 Å². The zero-order chi connectivity index (χ0) is 26.1. The number of hydrogen-bond donors (Lipinski definition) is 1. The first-order valence-corrected chi connectivity index (χ1v) is 15.3. The number of hydrogen-bond acceptors (Lipinski definition) is 7. The molecule has 1 fully saturated rings. The van der Waals surface area contributed by atoms with Crippen LogP contribution in [0.4, 0.5) is 5.13 Å². The van der Waals surface area contributed by atoms with E-state index < -0.39 is 0 Å². The van der Waals surface area contributed by atoms with Crippen molar-refractivity contribution in [3.63, 3.8) is 0 Å². The lowest BCUT2D eigenvalue weighted by Crippen LogP contribution is -2.15. The van der Waals surface area contributed by atoms with E-state index in [-0.39, 0.29) is 32.6 Å². The Kier molecular flexibility index (Phi) is 7.51. The fourth-order valence-electron chi connectivity index (χ4n) is 4.25. The molecule has 1 aromatic carbocycles. The molecular formula is C27H23ClIN5O2S. The van der Waals surface area contributed by atoms with Crippen molar-refractivity contribution >= 4 is 64.3 Å². The highest BCUT2D eigenvalue weighted by atomic mass is 127. The number of amides is 1. The van der Waals surface area contributed by atoms with Gasteiger partial charge < -0.3 is 4.74 Å². The van der Waals surface area contributed by atoms with Gasteiger partial charge in [0.05, 0.1) is 24.9 Å². The van der Waals surface area contributed by atoms with E-state index in [0.717, 1.165) is 28.1 Å². The van der Waals surface area contributed by atoms with Gasteiger partial charge in [0.2, 0.25) is 5.13 Å². The Labute approximate surface area is 234 Å². The summed E-state index contributed by atoms with van der Waals surface area (Å²) in [6.07, 6.45) is 6.49. The first-order valence-electron chi connectivity index (χ1n) is 11.6. The number of methoxy groups -OCH3 is 1. The number of nitrogens with zero attached hydrogens (tertiary/aromatic N) is 4. The number of halogens is 2. The third-order valence-corrected chi connectivity index (χ3v) is 10.1. The Morgan fingerprint density at radius 2 is 2.14 bits per heavy atom. The number of pyridine rings is 1. The van der Waals surface area contributed by atoms with Crippen molar-refractivity contribution in [1.29, 1.82) is 5.26 Å². The average molecular weight is 644 g/mol. The monoisotopic (exact) mass is 643 g/mol. The molecule has 37 heavy (non-hydrogen) atoms. The third-order valence-electron chi connectivity index (χ3n) is 6.35. The maximum atomic E-state index is 13.5. The molecule has 7 nitrogen and oxygen atoms in total. The summed E-state index contributed by atoms with van der Waals surface area (Å²) < 4.78 is 8.04. The highest BCUT2D eigenvalue weighted by molar-refractivity contribution is 14.2. The van der Waals surface area contributed by atoms with Gasteiger partial charge in [0.1, 0.15) is 15.9 Å². The van der Waals surface area contributed by atoms with Gasteiger partial charge in [-0.3, -0.25) is 10.1 Å². The number of ether oxygens (including phenoxy) is 1. The molecule has 1 aliphatic carbocycles. The molecule has 5 rings (SSSR count). The molecule has 1 aliphatic heterocycles. The first-order chi connectivity index (χ1) is 17.9. The van der Waals surface area contributed by atoms with Crippen LogP contribution in [0.25, 0.3) is 5.57 Å². The topological polar surface area (TPSA) is 101 Å². The van der Waals surface area contributed by atoms with Gasteiger partial charge in [-0.2, -0.15) is 5.26 Å². The molecule has 10 heteroatoms. The van der Waals surface area contributed by atoms with Crippen LogP contribution < -0.4 is 10.1 Å². The minimum Gasteiger partial charge on any atom is -0.494 e. The summed E-state index contributed by atoms with van der Waals surface area (Å²) in [5, 5.41) is 22.5. The molecule has 3 aromatic rings. The van der Waals surface area contributed by atoms with Crippen LogP contribution in [0.1, 0.15) is 52.4 Å². The number of benzene rings is 1. The van der Waals surface area contributed by atoms with Crippen molar-refractivity contribution in [2.45, 2.75) is 36.0 Å². The molecule has 3 heterocycles. The van der Waals surface area contributed by atoms with Crippen molar-refractivity contribution in [3.8, 4) is 11.8 Å². The van der Waals surface area contributed by atoms with E-state index in [1.807, 2.05) is 25.1 Å². The maximum absolute atomic E-state index is 13.5. The highest BCUT2D eigenvalue weighted by Gasteiger charge is 2.42. The van der Waals surface area contributed by atoms with Crippen LogP contribution in [0.3, 0.4) is 0 Å². The fourth-order valence-corrected chi connectivity index (χ4v) is 7.37. The molecule has 1 N–H and O–H groups in total. The molecule has 2 unspecified atom stereocenters. The van der Waals surface area contributed by atoms with Gasteiger partial charge in [0.15, 0.2) is 0 Å². The van der Waals surface area contributed by atoms with Crippen LogP contribution in [0.5, 0.6) is 5.75 Å². The lowest BCUT2D eigenvalue weighted by atomic mass is 10.0. The predicted molar refractivity (Wildman–Crippen MR) is 156 cm³/mol. The number of aryl methyl sites for hydroxylation is 1. The summed E-state index contributed by atoms with van der Waals surface area (Å²) >= 11 is 7.28. The summed E-state index contributed by atoms with van der Waals surface area (Å²) in [6.45, 7) is 4.10. The third kappa shape index (κ3) is 5.51. The SMILES string of the molecule is COc1cnc(Cl)cc1C1=C(C(=O)Nc2nnc([C@@H]3CC3c3ccc(C#N)c(C)c3)s2)C=CC(C)I=C1. The number of nitrogens with one attached hydrogen (secondary N) is 1. The van der Waals surface area contributed by atoms with Crippen LogP contribution in [0.2, 0.25) is 5.15 Å². The predicted octanol–water partition coefficient (Wildman–Crippen LogP) is 6.17. The first kappa shape index (κ1) is 25.7. The van der Waals surface area contributed by atoms with Crippen LogP contribution in [-0.4, -0.2) is 36.1 Å². The van der Waals surface area contributed by atoms with E-state index in [9.17, 15) is 10.1 Å². The number of rotatable bonds is 6. The molecule has 188 valence electrons. The molecule has 0 saturated heterocycles. The van der Waals surface area contributed by atoms with Crippen LogP contribution in [0.15, 0.2) is 48.2 Å². The number of carbonyl (C=O) groups is 1. The second-order valence-corrected chi connectivity index (χ2v) is 13.5. The Morgan fingerprint density at radius 3 is 2.89 bits per heavy atom. The highest BCUT2D eigenvalue weighted by Crippen LogP contribution is 2.55. The lowest BCUT2D eigenvalue weighted by Gasteiger charge is -2.12. The van der Waals surface area contributed by atoms with Crippen LogP contribution >= 0.6 is 43.7 Å².